The second-order valence-corrected chi connectivity index (χ2v) is 3.62. The summed E-state index contributed by atoms with van der Waals surface area (Å²) >= 11 is 0. The van der Waals surface area contributed by atoms with Gasteiger partial charge in [-0.05, 0) is 25.0 Å². The topological polar surface area (TPSA) is 48.0 Å². The zero-order valence-corrected chi connectivity index (χ0v) is 8.37. The predicted octanol–water partition coefficient (Wildman–Crippen LogP) is 1.23. The molecule has 1 heterocycles. The molecule has 0 bridgehead atoms. The first-order valence-corrected chi connectivity index (χ1v) is 4.43. The van der Waals surface area contributed by atoms with Crippen LogP contribution in [-0.2, 0) is 11.3 Å². The Kier molecular flexibility index (Phi) is 2.76. The molecule has 0 aliphatic rings. The fourth-order valence-corrected chi connectivity index (χ4v) is 1.25. The maximum atomic E-state index is 10.8. The van der Waals surface area contributed by atoms with E-state index in [1.165, 1.54) is 11.1 Å². The van der Waals surface area contributed by atoms with Crippen molar-refractivity contribution < 1.29 is 4.79 Å². The van der Waals surface area contributed by atoms with Gasteiger partial charge in [-0.2, -0.15) is 0 Å². The molecule has 72 valence electrons. The minimum Gasteiger partial charge on any atom is -0.369 e. The van der Waals surface area contributed by atoms with Crippen molar-refractivity contribution in [1.82, 2.24) is 4.57 Å². The molecule has 0 aliphatic heterocycles. The fraction of sp³-hybridized carbons (Fsp3) is 0.500. The number of nitrogens with two attached hydrogens (primary N) is 1. The second-order valence-electron chi connectivity index (χ2n) is 3.62. The lowest BCUT2D eigenvalue weighted by atomic mass is 10.2. The van der Waals surface area contributed by atoms with Gasteiger partial charge < -0.3 is 10.3 Å². The molecule has 3 nitrogen and oxygen atoms in total. The van der Waals surface area contributed by atoms with Crippen molar-refractivity contribution in [3.63, 3.8) is 0 Å². The van der Waals surface area contributed by atoms with Crippen LogP contribution >= 0.6 is 0 Å². The number of rotatable bonds is 3. The Hall–Kier alpha value is -1.25. The van der Waals surface area contributed by atoms with Gasteiger partial charge in [0, 0.05) is 18.9 Å². The average Bonchev–Trinajstić information content (AvgIpc) is 2.31. The smallest absolute Gasteiger partial charge is 0.222 e. The van der Waals surface area contributed by atoms with Gasteiger partial charge in [0.05, 0.1) is 5.92 Å². The molecule has 0 fully saturated rings. The molecule has 0 saturated carbocycles. The molecule has 0 saturated heterocycles. The molecule has 0 spiro atoms. The summed E-state index contributed by atoms with van der Waals surface area (Å²) in [5.41, 5.74) is 7.67. The Balaban J connectivity index is 2.69. The number of hydrogen-bond acceptors (Lipinski definition) is 1. The minimum absolute atomic E-state index is 0.105. The van der Waals surface area contributed by atoms with Gasteiger partial charge in [-0.15, -0.1) is 0 Å². The lowest BCUT2D eigenvalue weighted by Crippen LogP contribution is -2.24. The number of hydrogen-bond donors (Lipinski definition) is 1. The van der Waals surface area contributed by atoms with Gasteiger partial charge >= 0.3 is 0 Å². The SMILES string of the molecule is Cc1cn(CC(C)C(N)=O)cc1C. The summed E-state index contributed by atoms with van der Waals surface area (Å²) in [5, 5.41) is 0. The third-order valence-electron chi connectivity index (χ3n) is 2.31. The highest BCUT2D eigenvalue weighted by molar-refractivity contribution is 5.76. The zero-order chi connectivity index (χ0) is 10.0. The van der Waals surface area contributed by atoms with E-state index in [-0.39, 0.29) is 11.8 Å². The molecule has 1 atom stereocenters. The van der Waals surface area contributed by atoms with Crippen LogP contribution < -0.4 is 5.73 Å². The van der Waals surface area contributed by atoms with Crippen LogP contribution in [0.1, 0.15) is 18.1 Å². The van der Waals surface area contributed by atoms with E-state index in [0.29, 0.717) is 6.54 Å². The number of aromatic nitrogens is 1. The van der Waals surface area contributed by atoms with Gasteiger partial charge in [-0.3, -0.25) is 4.79 Å². The van der Waals surface area contributed by atoms with Gasteiger partial charge in [-0.1, -0.05) is 6.92 Å². The van der Waals surface area contributed by atoms with E-state index in [2.05, 4.69) is 13.8 Å². The van der Waals surface area contributed by atoms with E-state index >= 15 is 0 Å². The van der Waals surface area contributed by atoms with E-state index < -0.39 is 0 Å². The Bertz CT molecular complexity index is 295. The standard InChI is InChI=1S/C10H16N2O/c1-7-4-12(5-8(7)2)6-9(3)10(11)13/h4-5,9H,6H2,1-3H3,(H2,11,13). The van der Waals surface area contributed by atoms with E-state index in [4.69, 9.17) is 5.73 Å². The molecular formula is C10H16N2O. The molecule has 3 heteroatoms. The molecular weight excluding hydrogens is 164 g/mol. The van der Waals surface area contributed by atoms with Crippen LogP contribution in [0.2, 0.25) is 0 Å². The van der Waals surface area contributed by atoms with Crippen LogP contribution in [0.4, 0.5) is 0 Å². The third-order valence-corrected chi connectivity index (χ3v) is 2.31. The third kappa shape index (κ3) is 2.34. The minimum atomic E-state index is -0.246. The van der Waals surface area contributed by atoms with E-state index in [0.717, 1.165) is 0 Å². The highest BCUT2D eigenvalue weighted by Gasteiger charge is 2.09. The molecule has 2 N–H and O–H groups in total. The Morgan fingerprint density at radius 3 is 2.31 bits per heavy atom. The summed E-state index contributed by atoms with van der Waals surface area (Å²) in [4.78, 5) is 10.8. The van der Waals surface area contributed by atoms with E-state index in [1.807, 2.05) is 23.9 Å². The van der Waals surface area contributed by atoms with Crippen LogP contribution in [0.5, 0.6) is 0 Å². The molecule has 0 aromatic carbocycles. The summed E-state index contributed by atoms with van der Waals surface area (Å²) in [6.07, 6.45) is 4.07. The molecule has 1 aromatic heterocycles. The van der Waals surface area contributed by atoms with Crippen LogP contribution in [0.25, 0.3) is 0 Å². The molecule has 0 aliphatic carbocycles. The normalized spacial score (nSPS) is 12.8. The summed E-state index contributed by atoms with van der Waals surface area (Å²) in [6, 6.07) is 0. The Morgan fingerprint density at radius 2 is 1.92 bits per heavy atom. The molecule has 1 unspecified atom stereocenters. The maximum Gasteiger partial charge on any atom is 0.222 e. The lowest BCUT2D eigenvalue weighted by molar-refractivity contribution is -0.121. The van der Waals surface area contributed by atoms with Crippen LogP contribution in [0, 0.1) is 19.8 Å². The van der Waals surface area contributed by atoms with Crippen molar-refractivity contribution in [3.05, 3.63) is 23.5 Å². The number of carbonyl (C=O) groups is 1. The van der Waals surface area contributed by atoms with Crippen LogP contribution in [0.15, 0.2) is 12.4 Å². The Labute approximate surface area is 78.5 Å². The van der Waals surface area contributed by atoms with Crippen molar-refractivity contribution in [3.8, 4) is 0 Å². The average molecular weight is 180 g/mol. The number of amides is 1. The summed E-state index contributed by atoms with van der Waals surface area (Å²) in [7, 11) is 0. The van der Waals surface area contributed by atoms with Gasteiger partial charge in [-0.25, -0.2) is 0 Å². The highest BCUT2D eigenvalue weighted by atomic mass is 16.1. The van der Waals surface area contributed by atoms with Crippen molar-refractivity contribution in [1.29, 1.82) is 0 Å². The van der Waals surface area contributed by atoms with Gasteiger partial charge in [0.1, 0.15) is 0 Å². The highest BCUT2D eigenvalue weighted by Crippen LogP contribution is 2.09. The lowest BCUT2D eigenvalue weighted by Gasteiger charge is -2.07. The number of nitrogens with zero attached hydrogens (tertiary/aromatic N) is 1. The van der Waals surface area contributed by atoms with E-state index in [1.54, 1.807) is 0 Å². The molecule has 1 amide bonds. The predicted molar refractivity (Wildman–Crippen MR) is 52.3 cm³/mol. The maximum absolute atomic E-state index is 10.8. The summed E-state index contributed by atoms with van der Waals surface area (Å²) in [5.74, 6) is -0.352. The molecule has 1 aromatic rings. The first kappa shape index (κ1) is 9.84. The Morgan fingerprint density at radius 1 is 1.46 bits per heavy atom. The van der Waals surface area contributed by atoms with Gasteiger partial charge in [0.25, 0.3) is 0 Å². The van der Waals surface area contributed by atoms with Crippen LogP contribution in [-0.4, -0.2) is 10.5 Å². The van der Waals surface area contributed by atoms with E-state index in [9.17, 15) is 4.79 Å². The number of primary amides is 1. The molecule has 1 rings (SSSR count). The largest absolute Gasteiger partial charge is 0.369 e. The molecule has 0 radical (unpaired) electrons. The van der Waals surface area contributed by atoms with Crippen molar-refractivity contribution >= 4 is 5.91 Å². The second kappa shape index (κ2) is 3.64. The van der Waals surface area contributed by atoms with Crippen molar-refractivity contribution in [2.24, 2.45) is 11.7 Å². The summed E-state index contributed by atoms with van der Waals surface area (Å²) < 4.78 is 2.01. The quantitative estimate of drug-likeness (QED) is 0.747. The first-order valence-electron chi connectivity index (χ1n) is 4.43. The zero-order valence-electron chi connectivity index (χ0n) is 8.37. The summed E-state index contributed by atoms with van der Waals surface area (Å²) in [6.45, 7) is 6.62. The monoisotopic (exact) mass is 180 g/mol. The number of carbonyl (C=O) groups excluding carboxylic acids is 1. The molecule has 13 heavy (non-hydrogen) atoms. The van der Waals surface area contributed by atoms with Crippen LogP contribution in [0.3, 0.4) is 0 Å². The number of aryl methyl sites for hydroxylation is 2. The van der Waals surface area contributed by atoms with Crippen molar-refractivity contribution in [2.45, 2.75) is 27.3 Å². The first-order chi connectivity index (χ1) is 6.00. The fourth-order valence-electron chi connectivity index (χ4n) is 1.25. The van der Waals surface area contributed by atoms with Crippen molar-refractivity contribution in [2.75, 3.05) is 0 Å². The van der Waals surface area contributed by atoms with Gasteiger partial charge in [0.15, 0.2) is 0 Å². The van der Waals surface area contributed by atoms with Gasteiger partial charge in [0.2, 0.25) is 5.91 Å².